The molecule has 2 aromatic rings. The summed E-state index contributed by atoms with van der Waals surface area (Å²) in [7, 11) is 0. The third kappa shape index (κ3) is 3.90. The van der Waals surface area contributed by atoms with Crippen LogP contribution in [0.4, 0.5) is 4.39 Å². The first-order valence-electron chi connectivity index (χ1n) is 6.94. The van der Waals surface area contributed by atoms with E-state index in [1.54, 1.807) is 23.5 Å². The Labute approximate surface area is 131 Å². The van der Waals surface area contributed by atoms with Crippen LogP contribution in [0.25, 0.3) is 0 Å². The van der Waals surface area contributed by atoms with Gasteiger partial charge in [-0.25, -0.2) is 4.39 Å². The van der Waals surface area contributed by atoms with Crippen LogP contribution in [0.5, 0.6) is 0 Å². The van der Waals surface area contributed by atoms with E-state index in [4.69, 9.17) is 0 Å². The molecule has 1 atom stereocenters. The summed E-state index contributed by atoms with van der Waals surface area (Å²) in [5.41, 5.74) is 1.09. The smallest absolute Gasteiger partial charge is 0.123 e. The van der Waals surface area contributed by atoms with Crippen molar-refractivity contribution < 1.29 is 4.39 Å². The predicted octanol–water partition coefficient (Wildman–Crippen LogP) is 4.73. The molecule has 0 aliphatic heterocycles. The van der Waals surface area contributed by atoms with E-state index in [1.165, 1.54) is 23.8 Å². The quantitative estimate of drug-likeness (QED) is 0.791. The van der Waals surface area contributed by atoms with E-state index in [9.17, 15) is 4.39 Å². The van der Waals surface area contributed by atoms with Gasteiger partial charge in [-0.1, -0.05) is 12.1 Å². The largest absolute Gasteiger partial charge is 0.313 e. The second-order valence-electron chi connectivity index (χ2n) is 5.34. The fourth-order valence-corrected chi connectivity index (χ4v) is 3.93. The van der Waals surface area contributed by atoms with Crippen LogP contribution in [0.15, 0.2) is 40.2 Å². The van der Waals surface area contributed by atoms with Crippen LogP contribution >= 0.6 is 27.3 Å². The summed E-state index contributed by atoms with van der Waals surface area (Å²) in [5.74, 6) is 0.183. The molecular weight excluding hydrogens is 337 g/mol. The monoisotopic (exact) mass is 353 g/mol. The van der Waals surface area contributed by atoms with Crippen LogP contribution in [0.1, 0.15) is 29.2 Å². The molecule has 106 valence electrons. The van der Waals surface area contributed by atoms with Gasteiger partial charge >= 0.3 is 0 Å². The van der Waals surface area contributed by atoms with E-state index in [1.807, 2.05) is 6.07 Å². The van der Waals surface area contributed by atoms with Gasteiger partial charge in [0.1, 0.15) is 5.82 Å². The highest BCUT2D eigenvalue weighted by atomic mass is 79.9. The molecule has 1 aromatic heterocycles. The van der Waals surface area contributed by atoms with E-state index in [2.05, 4.69) is 33.4 Å². The SMILES string of the molecule is Fc1cccc(C(CNC2CC2)Cc2ccc(Br)s2)c1. The van der Waals surface area contributed by atoms with Gasteiger partial charge in [0.25, 0.3) is 0 Å². The molecule has 0 radical (unpaired) electrons. The van der Waals surface area contributed by atoms with Crippen molar-refractivity contribution in [2.24, 2.45) is 0 Å². The Kier molecular flexibility index (Phi) is 4.54. The van der Waals surface area contributed by atoms with E-state index in [0.29, 0.717) is 12.0 Å². The number of hydrogen-bond donors (Lipinski definition) is 1. The zero-order valence-corrected chi connectivity index (χ0v) is 13.5. The molecule has 0 bridgehead atoms. The number of hydrogen-bond acceptors (Lipinski definition) is 2. The van der Waals surface area contributed by atoms with Gasteiger partial charge in [0, 0.05) is 23.4 Å². The molecule has 1 aromatic carbocycles. The van der Waals surface area contributed by atoms with Crippen molar-refractivity contribution in [2.75, 3.05) is 6.54 Å². The molecule has 1 unspecified atom stereocenters. The van der Waals surface area contributed by atoms with Gasteiger partial charge < -0.3 is 5.32 Å². The maximum absolute atomic E-state index is 13.5. The maximum Gasteiger partial charge on any atom is 0.123 e. The molecule has 1 fully saturated rings. The normalized spacial score (nSPS) is 16.3. The minimum absolute atomic E-state index is 0.147. The van der Waals surface area contributed by atoms with Gasteiger partial charge in [0.2, 0.25) is 0 Å². The van der Waals surface area contributed by atoms with Crippen LogP contribution in [-0.2, 0) is 6.42 Å². The van der Waals surface area contributed by atoms with E-state index in [-0.39, 0.29) is 5.82 Å². The van der Waals surface area contributed by atoms with Crippen LogP contribution in [0.3, 0.4) is 0 Å². The molecule has 1 saturated carbocycles. The zero-order chi connectivity index (χ0) is 13.9. The molecule has 4 heteroatoms. The summed E-state index contributed by atoms with van der Waals surface area (Å²) < 4.78 is 14.6. The highest BCUT2D eigenvalue weighted by Gasteiger charge is 2.23. The summed E-state index contributed by atoms with van der Waals surface area (Å²) in [6.45, 7) is 0.920. The van der Waals surface area contributed by atoms with E-state index in [0.717, 1.165) is 22.3 Å². The Bertz CT molecular complexity index is 579. The lowest BCUT2D eigenvalue weighted by atomic mass is 9.94. The second-order valence-corrected chi connectivity index (χ2v) is 7.89. The summed E-state index contributed by atoms with van der Waals surface area (Å²) >= 11 is 5.26. The first-order chi connectivity index (χ1) is 9.70. The minimum Gasteiger partial charge on any atom is -0.313 e. The second kappa shape index (κ2) is 6.37. The van der Waals surface area contributed by atoms with Crippen molar-refractivity contribution in [2.45, 2.75) is 31.2 Å². The summed E-state index contributed by atoms with van der Waals surface area (Å²) in [6.07, 6.45) is 3.51. The van der Waals surface area contributed by atoms with Gasteiger partial charge in [-0.3, -0.25) is 0 Å². The molecule has 0 saturated heterocycles. The fourth-order valence-electron chi connectivity index (χ4n) is 2.37. The fraction of sp³-hybridized carbons (Fsp3) is 0.375. The van der Waals surface area contributed by atoms with Crippen molar-refractivity contribution >= 4 is 27.3 Å². The zero-order valence-electron chi connectivity index (χ0n) is 11.1. The van der Waals surface area contributed by atoms with E-state index >= 15 is 0 Å². The molecule has 20 heavy (non-hydrogen) atoms. The van der Waals surface area contributed by atoms with Gasteiger partial charge in [0.05, 0.1) is 3.79 Å². The third-order valence-corrected chi connectivity index (χ3v) is 5.27. The first kappa shape index (κ1) is 14.2. The number of benzene rings is 1. The molecule has 0 amide bonds. The van der Waals surface area contributed by atoms with Crippen molar-refractivity contribution in [1.29, 1.82) is 0 Å². The van der Waals surface area contributed by atoms with Gasteiger partial charge in [-0.05, 0) is 65.0 Å². The van der Waals surface area contributed by atoms with Gasteiger partial charge in [-0.15, -0.1) is 11.3 Å². The molecule has 1 nitrogen and oxygen atoms in total. The Morgan fingerprint density at radius 2 is 2.15 bits per heavy atom. The van der Waals surface area contributed by atoms with Crippen LogP contribution in [0.2, 0.25) is 0 Å². The first-order valence-corrected chi connectivity index (χ1v) is 8.55. The van der Waals surface area contributed by atoms with Crippen molar-refractivity contribution in [3.05, 3.63) is 56.4 Å². The van der Waals surface area contributed by atoms with Crippen molar-refractivity contribution in [3.8, 4) is 0 Å². The van der Waals surface area contributed by atoms with Crippen molar-refractivity contribution in [3.63, 3.8) is 0 Å². The highest BCUT2D eigenvalue weighted by molar-refractivity contribution is 9.11. The maximum atomic E-state index is 13.5. The number of thiophene rings is 1. The average molecular weight is 354 g/mol. The van der Waals surface area contributed by atoms with Gasteiger partial charge in [0.15, 0.2) is 0 Å². The average Bonchev–Trinajstić information content (AvgIpc) is 3.17. The molecule has 1 heterocycles. The molecular formula is C16H17BrFNS. The Hall–Kier alpha value is -0.710. The molecule has 1 N–H and O–H groups in total. The van der Waals surface area contributed by atoms with Crippen LogP contribution in [-0.4, -0.2) is 12.6 Å². The topological polar surface area (TPSA) is 12.0 Å². The van der Waals surface area contributed by atoms with Gasteiger partial charge in [-0.2, -0.15) is 0 Å². The third-order valence-electron chi connectivity index (χ3n) is 3.63. The van der Waals surface area contributed by atoms with Crippen LogP contribution in [0, 0.1) is 5.82 Å². The minimum atomic E-state index is -0.147. The Morgan fingerprint density at radius 3 is 2.80 bits per heavy atom. The lowest BCUT2D eigenvalue weighted by Gasteiger charge is -2.17. The lowest BCUT2D eigenvalue weighted by Crippen LogP contribution is -2.24. The molecule has 3 rings (SSSR count). The van der Waals surface area contributed by atoms with E-state index < -0.39 is 0 Å². The molecule has 1 aliphatic rings. The summed E-state index contributed by atoms with van der Waals surface area (Å²) in [6, 6.07) is 11.9. The molecule has 0 spiro atoms. The summed E-state index contributed by atoms with van der Waals surface area (Å²) in [4.78, 5) is 1.34. The number of nitrogens with one attached hydrogen (secondary N) is 1. The van der Waals surface area contributed by atoms with Crippen molar-refractivity contribution in [1.82, 2.24) is 5.32 Å². The predicted molar refractivity (Wildman–Crippen MR) is 85.9 cm³/mol. The number of halogens is 2. The Balaban J connectivity index is 1.74. The van der Waals surface area contributed by atoms with Crippen LogP contribution < -0.4 is 5.32 Å². The number of rotatable bonds is 6. The Morgan fingerprint density at radius 1 is 1.30 bits per heavy atom. The standard InChI is InChI=1S/C16H17BrFNS/c17-16-7-6-15(20-16)9-12(10-19-14-4-5-14)11-2-1-3-13(18)8-11/h1-3,6-8,12,14,19H,4-5,9-10H2. The summed E-state index contributed by atoms with van der Waals surface area (Å²) in [5, 5.41) is 3.57. The lowest BCUT2D eigenvalue weighted by molar-refractivity contribution is 0.571. The molecule has 1 aliphatic carbocycles. The highest BCUT2D eigenvalue weighted by Crippen LogP contribution is 2.29.